The second-order valence-corrected chi connectivity index (χ2v) is 13.4. The summed E-state index contributed by atoms with van der Waals surface area (Å²) in [5.74, 6) is -0.256. The SMILES string of the molecule is O=C(CCCCCCCCCCCCCCCCCCCCCCCCCCCCCCCCCCCCCO)NO. The van der Waals surface area contributed by atoms with E-state index >= 15 is 0 Å². The first-order valence-electron chi connectivity index (χ1n) is 19.3. The second-order valence-electron chi connectivity index (χ2n) is 13.4. The number of amides is 1. The van der Waals surface area contributed by atoms with Crippen LogP contribution in [0.3, 0.4) is 0 Å². The first kappa shape index (κ1) is 41.4. The van der Waals surface area contributed by atoms with Crippen LogP contribution in [0.1, 0.15) is 231 Å². The number of carbonyl (C=O) groups excluding carboxylic acids is 1. The maximum Gasteiger partial charge on any atom is 0.243 e. The number of unbranched alkanes of at least 4 members (excludes halogenated alkanes) is 34. The molecule has 0 spiro atoms. The molecule has 42 heavy (non-hydrogen) atoms. The van der Waals surface area contributed by atoms with Crippen molar-refractivity contribution in [2.75, 3.05) is 6.61 Å². The molecule has 0 aliphatic heterocycles. The third-order valence-electron chi connectivity index (χ3n) is 9.19. The molecule has 0 bridgehead atoms. The van der Waals surface area contributed by atoms with E-state index in [0.29, 0.717) is 13.0 Å². The van der Waals surface area contributed by atoms with E-state index in [-0.39, 0.29) is 5.91 Å². The van der Waals surface area contributed by atoms with Gasteiger partial charge in [-0.05, 0) is 12.8 Å². The Morgan fingerprint density at radius 3 is 0.643 bits per heavy atom. The number of nitrogens with one attached hydrogen (secondary N) is 1. The van der Waals surface area contributed by atoms with Gasteiger partial charge in [0, 0.05) is 13.0 Å². The highest BCUT2D eigenvalue weighted by atomic mass is 16.5. The Morgan fingerprint density at radius 2 is 0.476 bits per heavy atom. The van der Waals surface area contributed by atoms with Crippen molar-refractivity contribution in [3.63, 3.8) is 0 Å². The summed E-state index contributed by atoms with van der Waals surface area (Å²) in [5.41, 5.74) is 1.70. The summed E-state index contributed by atoms with van der Waals surface area (Å²) in [4.78, 5) is 10.9. The number of rotatable bonds is 37. The molecule has 0 aromatic carbocycles. The number of hydroxylamine groups is 1. The van der Waals surface area contributed by atoms with E-state index in [4.69, 9.17) is 10.3 Å². The van der Waals surface area contributed by atoms with Gasteiger partial charge in [-0.15, -0.1) is 0 Å². The summed E-state index contributed by atoms with van der Waals surface area (Å²) in [5, 5.41) is 17.2. The summed E-state index contributed by atoms with van der Waals surface area (Å²) in [7, 11) is 0. The van der Waals surface area contributed by atoms with Crippen molar-refractivity contribution in [2.45, 2.75) is 231 Å². The van der Waals surface area contributed by atoms with Crippen LogP contribution in [-0.4, -0.2) is 22.8 Å². The van der Waals surface area contributed by atoms with Crippen LogP contribution >= 0.6 is 0 Å². The Hall–Kier alpha value is -0.610. The fourth-order valence-corrected chi connectivity index (χ4v) is 6.29. The van der Waals surface area contributed by atoms with Gasteiger partial charge in [-0.3, -0.25) is 10.0 Å². The maximum atomic E-state index is 10.9. The molecule has 1 amide bonds. The Morgan fingerprint density at radius 1 is 0.310 bits per heavy atom. The first-order chi connectivity index (χ1) is 20.8. The van der Waals surface area contributed by atoms with Crippen LogP contribution in [-0.2, 0) is 4.79 Å². The average Bonchev–Trinajstić information content (AvgIpc) is 3.00. The molecule has 0 atom stereocenters. The van der Waals surface area contributed by atoms with Crippen molar-refractivity contribution in [1.82, 2.24) is 5.48 Å². The molecule has 0 saturated carbocycles. The van der Waals surface area contributed by atoms with Gasteiger partial charge in [0.25, 0.3) is 0 Å². The molecule has 0 heterocycles. The lowest BCUT2D eigenvalue weighted by Gasteiger charge is -2.05. The van der Waals surface area contributed by atoms with Crippen molar-refractivity contribution in [2.24, 2.45) is 0 Å². The van der Waals surface area contributed by atoms with Crippen LogP contribution in [0.15, 0.2) is 0 Å². The van der Waals surface area contributed by atoms with Crippen molar-refractivity contribution >= 4 is 5.91 Å². The molecule has 3 N–H and O–H groups in total. The molecule has 0 rings (SSSR count). The van der Waals surface area contributed by atoms with E-state index < -0.39 is 0 Å². The van der Waals surface area contributed by atoms with Gasteiger partial charge in [0.2, 0.25) is 5.91 Å². The van der Waals surface area contributed by atoms with Crippen molar-refractivity contribution in [1.29, 1.82) is 0 Å². The van der Waals surface area contributed by atoms with Gasteiger partial charge >= 0.3 is 0 Å². The van der Waals surface area contributed by atoms with E-state index in [1.807, 2.05) is 0 Å². The molecule has 4 heteroatoms. The first-order valence-corrected chi connectivity index (χ1v) is 19.3. The number of aliphatic hydroxyl groups excluding tert-OH is 1. The van der Waals surface area contributed by atoms with Crippen LogP contribution in [0.4, 0.5) is 0 Å². The standard InChI is InChI=1S/C38H77NO3/c40-37-35-33-31-29-27-25-23-21-19-17-15-13-11-9-7-5-3-1-2-4-6-8-10-12-14-16-18-20-22-24-26-28-30-32-34-36-38(41)39-42/h40,42H,1-37H2,(H,39,41). The highest BCUT2D eigenvalue weighted by molar-refractivity contribution is 5.74. The highest BCUT2D eigenvalue weighted by Gasteiger charge is 1.99. The predicted molar refractivity (Wildman–Crippen MR) is 183 cm³/mol. The normalized spacial score (nSPS) is 11.4. The monoisotopic (exact) mass is 596 g/mol. The Bertz CT molecular complexity index is 499. The zero-order valence-corrected chi connectivity index (χ0v) is 28.5. The van der Waals surface area contributed by atoms with Gasteiger partial charge in [-0.2, -0.15) is 0 Å². The third kappa shape index (κ3) is 37.4. The zero-order chi connectivity index (χ0) is 30.4. The summed E-state index contributed by atoms with van der Waals surface area (Å²) in [6.45, 7) is 0.368. The Balaban J connectivity index is 3.04. The molecular weight excluding hydrogens is 518 g/mol. The molecule has 0 aromatic heterocycles. The number of hydrogen-bond donors (Lipinski definition) is 3. The average molecular weight is 596 g/mol. The van der Waals surface area contributed by atoms with E-state index in [1.165, 1.54) is 205 Å². The van der Waals surface area contributed by atoms with E-state index in [0.717, 1.165) is 19.3 Å². The minimum Gasteiger partial charge on any atom is -0.396 e. The number of aliphatic hydroxyl groups is 1. The molecule has 0 aromatic rings. The molecule has 0 aliphatic carbocycles. The minimum absolute atomic E-state index is 0.256. The lowest BCUT2D eigenvalue weighted by molar-refractivity contribution is -0.129. The predicted octanol–water partition coefficient (Wildman–Crippen LogP) is 12.5. The molecule has 0 fully saturated rings. The quantitative estimate of drug-likeness (QED) is 0.0380. The van der Waals surface area contributed by atoms with E-state index in [9.17, 15) is 4.79 Å². The van der Waals surface area contributed by atoms with Crippen LogP contribution in [0.2, 0.25) is 0 Å². The van der Waals surface area contributed by atoms with Gasteiger partial charge in [0.1, 0.15) is 0 Å². The molecule has 4 nitrogen and oxygen atoms in total. The van der Waals surface area contributed by atoms with Crippen LogP contribution < -0.4 is 5.48 Å². The van der Waals surface area contributed by atoms with E-state index in [1.54, 1.807) is 5.48 Å². The maximum absolute atomic E-state index is 10.9. The summed E-state index contributed by atoms with van der Waals surface area (Å²) in [6, 6.07) is 0. The van der Waals surface area contributed by atoms with Crippen molar-refractivity contribution in [3.8, 4) is 0 Å². The highest BCUT2D eigenvalue weighted by Crippen LogP contribution is 2.17. The molecule has 0 saturated heterocycles. The summed E-state index contributed by atoms with van der Waals surface area (Å²) >= 11 is 0. The number of carbonyl (C=O) groups is 1. The van der Waals surface area contributed by atoms with Crippen LogP contribution in [0, 0.1) is 0 Å². The van der Waals surface area contributed by atoms with Crippen molar-refractivity contribution in [3.05, 3.63) is 0 Å². The third-order valence-corrected chi connectivity index (χ3v) is 9.19. The van der Waals surface area contributed by atoms with Gasteiger partial charge in [0.15, 0.2) is 0 Å². The largest absolute Gasteiger partial charge is 0.396 e. The molecule has 0 aliphatic rings. The Labute approximate surface area is 263 Å². The zero-order valence-electron chi connectivity index (χ0n) is 28.5. The van der Waals surface area contributed by atoms with Crippen molar-refractivity contribution < 1.29 is 15.1 Å². The van der Waals surface area contributed by atoms with Gasteiger partial charge in [-0.1, -0.05) is 212 Å². The minimum atomic E-state index is -0.256. The fraction of sp³-hybridized carbons (Fsp3) is 0.974. The van der Waals surface area contributed by atoms with Crippen LogP contribution in [0.5, 0.6) is 0 Å². The van der Waals surface area contributed by atoms with Crippen LogP contribution in [0.25, 0.3) is 0 Å². The second kappa shape index (κ2) is 38.4. The van der Waals surface area contributed by atoms with Gasteiger partial charge in [-0.25, -0.2) is 5.48 Å². The Kier molecular flexibility index (Phi) is 37.9. The molecular formula is C38H77NO3. The van der Waals surface area contributed by atoms with Gasteiger partial charge < -0.3 is 5.11 Å². The summed E-state index contributed by atoms with van der Waals surface area (Å²) in [6.07, 6.45) is 48.7. The lowest BCUT2D eigenvalue weighted by atomic mass is 10.0. The molecule has 0 unspecified atom stereocenters. The lowest BCUT2D eigenvalue weighted by Crippen LogP contribution is -2.17. The number of hydrogen-bond acceptors (Lipinski definition) is 3. The van der Waals surface area contributed by atoms with Gasteiger partial charge in [0.05, 0.1) is 0 Å². The smallest absolute Gasteiger partial charge is 0.243 e. The van der Waals surface area contributed by atoms with E-state index in [2.05, 4.69) is 0 Å². The summed E-state index contributed by atoms with van der Waals surface area (Å²) < 4.78 is 0. The molecule has 252 valence electrons. The molecule has 0 radical (unpaired) electrons. The topological polar surface area (TPSA) is 69.6 Å². The fourth-order valence-electron chi connectivity index (χ4n) is 6.29.